The molecule has 0 heterocycles. The highest BCUT2D eigenvalue weighted by molar-refractivity contribution is 6.30. The lowest BCUT2D eigenvalue weighted by Gasteiger charge is -2.28. The van der Waals surface area contributed by atoms with Crippen molar-refractivity contribution in [3.63, 3.8) is 0 Å². The lowest BCUT2D eigenvalue weighted by Crippen LogP contribution is -2.40. The van der Waals surface area contributed by atoms with Crippen LogP contribution in [0.25, 0.3) is 0 Å². The smallest absolute Gasteiger partial charge is 0.382 e. The average Bonchev–Trinajstić information content (AvgIpc) is 2.45. The van der Waals surface area contributed by atoms with Gasteiger partial charge in [0.2, 0.25) is 0 Å². The number of hydrogen-bond donors (Lipinski definition) is 1. The predicted molar refractivity (Wildman–Crippen MR) is 85.7 cm³/mol. The van der Waals surface area contributed by atoms with Crippen molar-refractivity contribution in [3.8, 4) is 0 Å². The molecule has 23 heavy (non-hydrogen) atoms. The highest BCUT2D eigenvalue weighted by Crippen LogP contribution is 2.26. The van der Waals surface area contributed by atoms with Crippen molar-refractivity contribution >= 4 is 17.3 Å². The van der Waals surface area contributed by atoms with Crippen molar-refractivity contribution in [2.24, 2.45) is 0 Å². The minimum atomic E-state index is -4.66. The zero-order valence-corrected chi connectivity index (χ0v) is 13.3. The highest BCUT2D eigenvalue weighted by atomic mass is 35.5. The van der Waals surface area contributed by atoms with Crippen molar-refractivity contribution in [1.29, 1.82) is 0 Å². The van der Waals surface area contributed by atoms with Crippen molar-refractivity contribution in [3.05, 3.63) is 64.7 Å². The maximum Gasteiger partial charge on any atom is 0.416 e. The van der Waals surface area contributed by atoms with E-state index in [9.17, 15) is 18.3 Å². The van der Waals surface area contributed by atoms with Crippen LogP contribution in [0.1, 0.15) is 11.1 Å². The van der Waals surface area contributed by atoms with Gasteiger partial charge in [-0.25, -0.2) is 0 Å². The molecule has 2 aromatic rings. The van der Waals surface area contributed by atoms with Crippen LogP contribution in [0, 0.1) is 6.92 Å². The number of benzene rings is 2. The molecule has 0 saturated heterocycles. The molecule has 0 bridgehead atoms. The van der Waals surface area contributed by atoms with Gasteiger partial charge in [0.05, 0.1) is 6.54 Å². The summed E-state index contributed by atoms with van der Waals surface area (Å²) >= 11 is 5.93. The Bertz CT molecular complexity index is 660. The summed E-state index contributed by atoms with van der Waals surface area (Å²) in [5, 5.41) is 9.85. The fraction of sp³-hybridized carbons (Fsp3) is 0.294. The van der Waals surface area contributed by atoms with E-state index in [0.29, 0.717) is 10.7 Å². The molecule has 2 aromatic carbocycles. The van der Waals surface area contributed by atoms with E-state index < -0.39 is 18.8 Å². The van der Waals surface area contributed by atoms with Crippen LogP contribution < -0.4 is 4.90 Å². The molecule has 0 fully saturated rings. The first-order chi connectivity index (χ1) is 10.8. The van der Waals surface area contributed by atoms with Crippen LogP contribution in [-0.4, -0.2) is 23.9 Å². The van der Waals surface area contributed by atoms with E-state index >= 15 is 0 Å². The second-order valence-corrected chi connectivity index (χ2v) is 5.84. The van der Waals surface area contributed by atoms with Gasteiger partial charge >= 0.3 is 6.18 Å². The minimum Gasteiger partial charge on any atom is -0.382 e. The highest BCUT2D eigenvalue weighted by Gasteiger charge is 2.39. The molecule has 0 aliphatic carbocycles. The first-order valence-electron chi connectivity index (χ1n) is 7.06. The van der Waals surface area contributed by atoms with Gasteiger partial charge in [-0.1, -0.05) is 47.5 Å². The molecule has 0 aliphatic heterocycles. The van der Waals surface area contributed by atoms with Gasteiger partial charge in [-0.3, -0.25) is 0 Å². The van der Waals surface area contributed by atoms with Crippen LogP contribution in [0.5, 0.6) is 0 Å². The van der Waals surface area contributed by atoms with Gasteiger partial charge in [0.1, 0.15) is 0 Å². The fourth-order valence-electron chi connectivity index (χ4n) is 2.28. The minimum absolute atomic E-state index is 0.245. The summed E-state index contributed by atoms with van der Waals surface area (Å²) in [6.07, 6.45) is -7.09. The third-order valence-corrected chi connectivity index (χ3v) is 3.64. The first kappa shape index (κ1) is 17.6. The lowest BCUT2D eigenvalue weighted by atomic mass is 10.1. The molecule has 0 amide bonds. The Morgan fingerprint density at radius 3 is 2.43 bits per heavy atom. The summed E-state index contributed by atoms with van der Waals surface area (Å²) in [7, 11) is 0. The van der Waals surface area contributed by atoms with Crippen LogP contribution in [0.3, 0.4) is 0 Å². The quantitative estimate of drug-likeness (QED) is 0.859. The lowest BCUT2D eigenvalue weighted by molar-refractivity contribution is -0.200. The molecule has 6 heteroatoms. The Morgan fingerprint density at radius 1 is 1.13 bits per heavy atom. The van der Waals surface area contributed by atoms with E-state index in [1.807, 2.05) is 31.2 Å². The van der Waals surface area contributed by atoms with Crippen LogP contribution in [0.2, 0.25) is 5.02 Å². The monoisotopic (exact) mass is 343 g/mol. The Labute approximate surface area is 138 Å². The molecule has 2 nitrogen and oxygen atoms in total. The Hall–Kier alpha value is -1.72. The van der Waals surface area contributed by atoms with Gasteiger partial charge in [0.25, 0.3) is 0 Å². The summed E-state index contributed by atoms with van der Waals surface area (Å²) < 4.78 is 38.1. The summed E-state index contributed by atoms with van der Waals surface area (Å²) in [4.78, 5) is 1.47. The summed E-state index contributed by atoms with van der Waals surface area (Å²) in [6, 6.07) is 14.1. The maximum atomic E-state index is 12.7. The Morgan fingerprint density at radius 2 is 1.83 bits per heavy atom. The second kappa shape index (κ2) is 7.23. The molecule has 0 spiro atoms. The van der Waals surface area contributed by atoms with Gasteiger partial charge < -0.3 is 10.0 Å². The summed E-state index contributed by atoms with van der Waals surface area (Å²) in [6.45, 7) is 1.60. The summed E-state index contributed by atoms with van der Waals surface area (Å²) in [5.74, 6) is 0. The number of aliphatic hydroxyl groups is 1. The number of rotatable bonds is 5. The molecule has 1 N–H and O–H groups in total. The van der Waals surface area contributed by atoms with E-state index in [1.54, 1.807) is 24.3 Å². The number of halogens is 4. The van der Waals surface area contributed by atoms with Crippen LogP contribution in [-0.2, 0) is 6.54 Å². The fourth-order valence-corrected chi connectivity index (χ4v) is 2.46. The molecule has 0 radical (unpaired) electrons. The van der Waals surface area contributed by atoms with Crippen molar-refractivity contribution in [2.75, 3.05) is 11.4 Å². The largest absolute Gasteiger partial charge is 0.416 e. The van der Waals surface area contributed by atoms with Crippen LogP contribution >= 0.6 is 11.6 Å². The zero-order chi connectivity index (χ0) is 17.0. The number of nitrogens with zero attached hydrogens (tertiary/aromatic N) is 1. The van der Waals surface area contributed by atoms with Gasteiger partial charge in [0, 0.05) is 17.3 Å². The summed E-state index contributed by atoms with van der Waals surface area (Å²) in [5.41, 5.74) is 2.41. The molecule has 0 aliphatic rings. The standard InChI is InChI=1S/C17H17ClF3NO/c1-12-4-2-5-13(8-12)10-22(11-16(23)17(19,20)21)15-7-3-6-14(18)9-15/h2-9,16,23H,10-11H2,1H3. The van der Waals surface area contributed by atoms with Crippen molar-refractivity contribution < 1.29 is 18.3 Å². The van der Waals surface area contributed by atoms with E-state index in [1.165, 1.54) is 4.90 Å². The topological polar surface area (TPSA) is 23.5 Å². The Kier molecular flexibility index (Phi) is 5.55. The SMILES string of the molecule is Cc1cccc(CN(CC(O)C(F)(F)F)c2cccc(Cl)c2)c1. The average molecular weight is 344 g/mol. The van der Waals surface area contributed by atoms with E-state index in [0.717, 1.165) is 11.1 Å². The number of anilines is 1. The first-order valence-corrected chi connectivity index (χ1v) is 7.44. The number of alkyl halides is 3. The van der Waals surface area contributed by atoms with E-state index in [4.69, 9.17) is 11.6 Å². The van der Waals surface area contributed by atoms with Gasteiger partial charge in [0.15, 0.2) is 6.10 Å². The number of aliphatic hydroxyl groups excluding tert-OH is 1. The molecule has 0 saturated carbocycles. The molecule has 0 aromatic heterocycles. The third-order valence-electron chi connectivity index (χ3n) is 3.40. The Balaban J connectivity index is 2.27. The third kappa shape index (κ3) is 5.15. The molecular formula is C17H17ClF3NO. The van der Waals surface area contributed by atoms with Gasteiger partial charge in [-0.2, -0.15) is 13.2 Å². The van der Waals surface area contributed by atoms with Gasteiger partial charge in [-0.05, 0) is 30.7 Å². The van der Waals surface area contributed by atoms with Crippen LogP contribution in [0.4, 0.5) is 18.9 Å². The van der Waals surface area contributed by atoms with E-state index in [2.05, 4.69) is 0 Å². The number of hydrogen-bond acceptors (Lipinski definition) is 2. The van der Waals surface area contributed by atoms with E-state index in [-0.39, 0.29) is 6.54 Å². The number of aryl methyl sites for hydroxylation is 1. The second-order valence-electron chi connectivity index (χ2n) is 5.41. The molecular weight excluding hydrogens is 327 g/mol. The van der Waals surface area contributed by atoms with Gasteiger partial charge in [-0.15, -0.1) is 0 Å². The zero-order valence-electron chi connectivity index (χ0n) is 12.5. The van der Waals surface area contributed by atoms with Crippen molar-refractivity contribution in [1.82, 2.24) is 0 Å². The molecule has 124 valence electrons. The molecule has 1 atom stereocenters. The molecule has 2 rings (SSSR count). The maximum absolute atomic E-state index is 12.7. The predicted octanol–water partition coefficient (Wildman–Crippen LogP) is 4.58. The normalized spacial score (nSPS) is 13.0. The van der Waals surface area contributed by atoms with Crippen LogP contribution in [0.15, 0.2) is 48.5 Å². The van der Waals surface area contributed by atoms with Crippen molar-refractivity contribution in [2.45, 2.75) is 25.7 Å². The molecule has 1 unspecified atom stereocenters.